The first kappa shape index (κ1) is 11.6. The molecule has 0 spiro atoms. The quantitative estimate of drug-likeness (QED) is 0.823. The Morgan fingerprint density at radius 2 is 2.24 bits per heavy atom. The number of nitrogens with one attached hydrogen (secondary N) is 1. The number of hydrogen-bond acceptors (Lipinski definition) is 2. The van der Waals surface area contributed by atoms with Gasteiger partial charge >= 0.3 is 6.18 Å². The number of primary amides is 1. The van der Waals surface area contributed by atoms with Gasteiger partial charge in [-0.1, -0.05) is 0 Å². The van der Waals surface area contributed by atoms with Crippen molar-refractivity contribution in [1.29, 1.82) is 0 Å². The number of alkyl halides is 3. The average Bonchev–Trinajstić information content (AvgIpc) is 2.55. The summed E-state index contributed by atoms with van der Waals surface area (Å²) < 4.78 is 38.2. The maximum absolute atomic E-state index is 12.4. The van der Waals surface area contributed by atoms with E-state index in [2.05, 4.69) is 5.32 Å². The standard InChI is InChI=1S/C10H10F3N3O/c11-10(12,13)5-16-7(9(14)17)3-6-1-2-15-4-8(6)16/h1-3,15H,4-5H2,(H2,14,17). The third-order valence-electron chi connectivity index (χ3n) is 2.48. The Hall–Kier alpha value is -1.92. The zero-order valence-electron chi connectivity index (χ0n) is 8.71. The summed E-state index contributed by atoms with van der Waals surface area (Å²) >= 11 is 0. The Kier molecular flexibility index (Phi) is 2.60. The minimum Gasteiger partial charge on any atom is -0.385 e. The first-order valence-corrected chi connectivity index (χ1v) is 4.87. The van der Waals surface area contributed by atoms with Crippen LogP contribution in [0.5, 0.6) is 0 Å². The summed E-state index contributed by atoms with van der Waals surface area (Å²) in [7, 11) is 0. The fraction of sp³-hybridized carbons (Fsp3) is 0.300. The Morgan fingerprint density at radius 3 is 2.82 bits per heavy atom. The van der Waals surface area contributed by atoms with Gasteiger partial charge in [0.15, 0.2) is 0 Å². The number of rotatable bonds is 2. The van der Waals surface area contributed by atoms with Crippen LogP contribution >= 0.6 is 0 Å². The van der Waals surface area contributed by atoms with Gasteiger partial charge in [-0.3, -0.25) is 4.79 Å². The first-order chi connectivity index (χ1) is 7.88. The fourth-order valence-corrected chi connectivity index (χ4v) is 1.82. The number of aromatic nitrogens is 1. The second-order valence-electron chi connectivity index (χ2n) is 3.71. The predicted octanol–water partition coefficient (Wildman–Crippen LogP) is 1.22. The summed E-state index contributed by atoms with van der Waals surface area (Å²) in [6, 6.07) is 1.38. The van der Waals surface area contributed by atoms with E-state index in [0.29, 0.717) is 11.3 Å². The number of nitrogens with two attached hydrogens (primary N) is 1. The summed E-state index contributed by atoms with van der Waals surface area (Å²) in [6.07, 6.45) is -1.17. The zero-order chi connectivity index (χ0) is 12.6. The van der Waals surface area contributed by atoms with Crippen LogP contribution in [0.15, 0.2) is 12.3 Å². The SMILES string of the molecule is NC(=O)c1cc2c(n1CC(F)(F)F)CNC=C2. The van der Waals surface area contributed by atoms with Gasteiger partial charge in [0, 0.05) is 5.69 Å². The number of amides is 1. The monoisotopic (exact) mass is 245 g/mol. The van der Waals surface area contributed by atoms with Crippen LogP contribution in [0.4, 0.5) is 13.2 Å². The molecule has 4 nitrogen and oxygen atoms in total. The molecule has 1 amide bonds. The van der Waals surface area contributed by atoms with E-state index in [1.54, 1.807) is 12.3 Å². The highest BCUT2D eigenvalue weighted by Crippen LogP contribution is 2.25. The van der Waals surface area contributed by atoms with E-state index < -0.39 is 18.6 Å². The van der Waals surface area contributed by atoms with E-state index >= 15 is 0 Å². The first-order valence-electron chi connectivity index (χ1n) is 4.87. The molecule has 17 heavy (non-hydrogen) atoms. The second kappa shape index (κ2) is 3.83. The summed E-state index contributed by atoms with van der Waals surface area (Å²) in [5.41, 5.74) is 5.95. The number of halogens is 3. The molecular weight excluding hydrogens is 235 g/mol. The van der Waals surface area contributed by atoms with Gasteiger partial charge in [-0.05, 0) is 23.9 Å². The topological polar surface area (TPSA) is 60.1 Å². The van der Waals surface area contributed by atoms with Crippen molar-refractivity contribution in [2.45, 2.75) is 19.3 Å². The highest BCUT2D eigenvalue weighted by Gasteiger charge is 2.31. The Bertz CT molecular complexity index is 488. The van der Waals surface area contributed by atoms with Crippen molar-refractivity contribution in [3.05, 3.63) is 29.2 Å². The molecule has 0 aliphatic carbocycles. The molecule has 0 saturated carbocycles. The van der Waals surface area contributed by atoms with Crippen molar-refractivity contribution in [1.82, 2.24) is 9.88 Å². The van der Waals surface area contributed by atoms with Gasteiger partial charge in [0.05, 0.1) is 6.54 Å². The molecule has 7 heteroatoms. The Balaban J connectivity index is 2.50. The minimum absolute atomic E-state index is 0.124. The Morgan fingerprint density at radius 1 is 1.53 bits per heavy atom. The molecule has 0 unspecified atom stereocenters. The average molecular weight is 245 g/mol. The van der Waals surface area contributed by atoms with E-state index in [-0.39, 0.29) is 12.2 Å². The molecule has 0 fully saturated rings. The number of nitrogens with zero attached hydrogens (tertiary/aromatic N) is 1. The lowest BCUT2D eigenvalue weighted by molar-refractivity contribution is -0.141. The van der Waals surface area contributed by atoms with Crippen LogP contribution in [0.1, 0.15) is 21.7 Å². The summed E-state index contributed by atoms with van der Waals surface area (Å²) in [6.45, 7) is -0.967. The normalized spacial score (nSPS) is 14.3. The summed E-state index contributed by atoms with van der Waals surface area (Å²) in [4.78, 5) is 11.1. The van der Waals surface area contributed by atoms with E-state index in [1.807, 2.05) is 0 Å². The van der Waals surface area contributed by atoms with Crippen molar-refractivity contribution in [3.8, 4) is 0 Å². The van der Waals surface area contributed by atoms with Gasteiger partial charge in [-0.15, -0.1) is 0 Å². The minimum atomic E-state index is -4.39. The molecule has 0 bridgehead atoms. The fourth-order valence-electron chi connectivity index (χ4n) is 1.82. The van der Waals surface area contributed by atoms with Gasteiger partial charge in [0.1, 0.15) is 12.2 Å². The maximum Gasteiger partial charge on any atom is 0.406 e. The van der Waals surface area contributed by atoms with Gasteiger partial charge in [-0.25, -0.2) is 0 Å². The molecule has 1 aliphatic heterocycles. The van der Waals surface area contributed by atoms with E-state index in [1.165, 1.54) is 6.07 Å². The van der Waals surface area contributed by atoms with E-state index in [4.69, 9.17) is 5.73 Å². The molecule has 92 valence electrons. The molecule has 0 saturated heterocycles. The number of fused-ring (bicyclic) bond motifs is 1. The van der Waals surface area contributed by atoms with Crippen LogP contribution in [0, 0.1) is 0 Å². The van der Waals surface area contributed by atoms with Crippen molar-refractivity contribution in [2.75, 3.05) is 0 Å². The third-order valence-corrected chi connectivity index (χ3v) is 2.48. The van der Waals surface area contributed by atoms with Crippen LogP contribution in [-0.4, -0.2) is 16.7 Å². The van der Waals surface area contributed by atoms with Gasteiger partial charge < -0.3 is 15.6 Å². The Labute approximate surface area is 94.9 Å². The van der Waals surface area contributed by atoms with Crippen LogP contribution in [-0.2, 0) is 13.1 Å². The maximum atomic E-state index is 12.4. The molecule has 2 rings (SSSR count). The van der Waals surface area contributed by atoms with Crippen molar-refractivity contribution < 1.29 is 18.0 Å². The largest absolute Gasteiger partial charge is 0.406 e. The van der Waals surface area contributed by atoms with Crippen molar-refractivity contribution in [3.63, 3.8) is 0 Å². The molecular formula is C10H10F3N3O. The van der Waals surface area contributed by atoms with Crippen LogP contribution in [0.3, 0.4) is 0 Å². The van der Waals surface area contributed by atoms with Gasteiger partial charge in [-0.2, -0.15) is 13.2 Å². The highest BCUT2D eigenvalue weighted by atomic mass is 19.4. The number of carbonyl (C=O) groups is 1. The molecule has 0 aromatic carbocycles. The summed E-state index contributed by atoms with van der Waals surface area (Å²) in [5.74, 6) is -0.864. The number of carbonyl (C=O) groups excluding carboxylic acids is 1. The smallest absolute Gasteiger partial charge is 0.385 e. The molecule has 3 N–H and O–H groups in total. The number of hydrogen-bond donors (Lipinski definition) is 2. The third kappa shape index (κ3) is 2.27. The van der Waals surface area contributed by atoms with E-state index in [0.717, 1.165) is 4.57 Å². The van der Waals surface area contributed by atoms with Crippen LogP contribution in [0.2, 0.25) is 0 Å². The molecule has 1 aromatic rings. The lowest BCUT2D eigenvalue weighted by atomic mass is 10.2. The van der Waals surface area contributed by atoms with Crippen LogP contribution < -0.4 is 11.1 Å². The molecule has 0 radical (unpaired) electrons. The van der Waals surface area contributed by atoms with Gasteiger partial charge in [0.25, 0.3) is 5.91 Å². The van der Waals surface area contributed by atoms with Crippen molar-refractivity contribution in [2.24, 2.45) is 5.73 Å². The molecule has 1 aliphatic rings. The molecule has 1 aromatic heterocycles. The molecule has 2 heterocycles. The lowest BCUT2D eigenvalue weighted by Crippen LogP contribution is -2.26. The van der Waals surface area contributed by atoms with E-state index in [9.17, 15) is 18.0 Å². The summed E-state index contributed by atoms with van der Waals surface area (Å²) in [5, 5.41) is 2.80. The predicted molar refractivity (Wildman–Crippen MR) is 54.9 cm³/mol. The van der Waals surface area contributed by atoms with Crippen molar-refractivity contribution >= 4 is 12.0 Å². The second-order valence-corrected chi connectivity index (χ2v) is 3.71. The van der Waals surface area contributed by atoms with Crippen LogP contribution in [0.25, 0.3) is 6.08 Å². The zero-order valence-corrected chi connectivity index (χ0v) is 8.71. The highest BCUT2D eigenvalue weighted by molar-refractivity contribution is 5.92. The lowest BCUT2D eigenvalue weighted by Gasteiger charge is -2.16. The van der Waals surface area contributed by atoms with Gasteiger partial charge in [0.2, 0.25) is 0 Å². The molecule has 0 atom stereocenters.